The van der Waals surface area contributed by atoms with E-state index in [1.54, 1.807) is 37.2 Å². The standard InChI is InChI=1S/C21H25N3O3S/c1-21(8-11-28-20(22)24-21)16-5-3-4-15(12-16)13-19(25)18-7-6-17(14-23-18)27-10-9-26-2/h3-7,12,14H,8-11,13H2,1-2H3,(H2,22,24)/t21-/m0/s1. The lowest BCUT2D eigenvalue weighted by molar-refractivity contribution is 0.0988. The third-order valence-electron chi connectivity index (χ3n) is 4.69. The Kier molecular flexibility index (Phi) is 6.70. The highest BCUT2D eigenvalue weighted by atomic mass is 32.2. The van der Waals surface area contributed by atoms with Gasteiger partial charge in [0.15, 0.2) is 11.0 Å². The summed E-state index contributed by atoms with van der Waals surface area (Å²) < 4.78 is 10.4. The zero-order valence-corrected chi connectivity index (χ0v) is 17.0. The van der Waals surface area contributed by atoms with Crippen molar-refractivity contribution in [2.75, 3.05) is 26.1 Å². The summed E-state index contributed by atoms with van der Waals surface area (Å²) in [6.45, 7) is 3.04. The molecular formula is C21H25N3O3S. The minimum absolute atomic E-state index is 0.0343. The van der Waals surface area contributed by atoms with Crippen LogP contribution in [0.4, 0.5) is 0 Å². The van der Waals surface area contributed by atoms with E-state index in [1.165, 1.54) is 0 Å². The molecule has 148 valence electrons. The number of Topliss-reactive ketones (excluding diaryl/α,β-unsaturated/α-hetero) is 1. The molecule has 0 saturated carbocycles. The van der Waals surface area contributed by atoms with Gasteiger partial charge in [0.05, 0.1) is 18.3 Å². The number of aliphatic imine (C=N–C) groups is 1. The molecule has 2 N–H and O–H groups in total. The molecule has 28 heavy (non-hydrogen) atoms. The van der Waals surface area contributed by atoms with Crippen molar-refractivity contribution < 1.29 is 14.3 Å². The van der Waals surface area contributed by atoms with E-state index in [1.807, 2.05) is 24.3 Å². The van der Waals surface area contributed by atoms with E-state index in [-0.39, 0.29) is 17.7 Å². The minimum Gasteiger partial charge on any atom is -0.490 e. The Morgan fingerprint density at radius 3 is 2.86 bits per heavy atom. The molecule has 2 aromatic rings. The molecule has 2 heterocycles. The van der Waals surface area contributed by atoms with Crippen molar-refractivity contribution in [2.45, 2.75) is 25.3 Å². The SMILES string of the molecule is COCCOc1ccc(C(=O)Cc2cccc([C@]3(C)CCSC(N)=N3)c2)nc1. The Morgan fingerprint density at radius 2 is 2.14 bits per heavy atom. The fourth-order valence-corrected chi connectivity index (χ4v) is 4.04. The summed E-state index contributed by atoms with van der Waals surface area (Å²) in [5.41, 5.74) is 8.03. The molecule has 0 radical (unpaired) electrons. The van der Waals surface area contributed by atoms with Crippen LogP contribution in [0.2, 0.25) is 0 Å². The highest BCUT2D eigenvalue weighted by Crippen LogP contribution is 2.35. The molecule has 1 atom stereocenters. The van der Waals surface area contributed by atoms with E-state index in [0.717, 1.165) is 23.3 Å². The van der Waals surface area contributed by atoms with Crippen LogP contribution in [0.5, 0.6) is 5.75 Å². The number of rotatable bonds is 8. The molecule has 0 unspecified atom stereocenters. The van der Waals surface area contributed by atoms with Gasteiger partial charge in [-0.2, -0.15) is 0 Å². The molecule has 1 aliphatic rings. The number of hydrogen-bond donors (Lipinski definition) is 1. The second-order valence-electron chi connectivity index (χ2n) is 6.84. The summed E-state index contributed by atoms with van der Waals surface area (Å²) in [4.78, 5) is 21.5. The number of pyridine rings is 1. The zero-order valence-electron chi connectivity index (χ0n) is 16.2. The largest absolute Gasteiger partial charge is 0.490 e. The maximum atomic E-state index is 12.6. The van der Waals surface area contributed by atoms with Crippen LogP contribution in [-0.4, -0.2) is 42.0 Å². The van der Waals surface area contributed by atoms with Gasteiger partial charge in [-0.15, -0.1) is 0 Å². The second-order valence-corrected chi connectivity index (χ2v) is 7.96. The van der Waals surface area contributed by atoms with Crippen molar-refractivity contribution in [1.82, 2.24) is 4.98 Å². The van der Waals surface area contributed by atoms with Gasteiger partial charge < -0.3 is 15.2 Å². The number of hydrogen-bond acceptors (Lipinski definition) is 7. The van der Waals surface area contributed by atoms with Gasteiger partial charge in [-0.25, -0.2) is 4.98 Å². The summed E-state index contributed by atoms with van der Waals surface area (Å²) in [6, 6.07) is 11.5. The maximum absolute atomic E-state index is 12.6. The smallest absolute Gasteiger partial charge is 0.185 e. The van der Waals surface area contributed by atoms with Crippen LogP contribution in [-0.2, 0) is 16.7 Å². The normalized spacial score (nSPS) is 19.1. The van der Waals surface area contributed by atoms with Crippen LogP contribution in [0.1, 0.15) is 35.0 Å². The highest BCUT2D eigenvalue weighted by molar-refractivity contribution is 8.13. The van der Waals surface area contributed by atoms with Gasteiger partial charge in [-0.1, -0.05) is 36.0 Å². The van der Waals surface area contributed by atoms with Crippen molar-refractivity contribution in [1.29, 1.82) is 0 Å². The highest BCUT2D eigenvalue weighted by Gasteiger charge is 2.29. The van der Waals surface area contributed by atoms with Gasteiger partial charge in [0.25, 0.3) is 0 Å². The fourth-order valence-electron chi connectivity index (χ4n) is 3.06. The number of carbonyl (C=O) groups is 1. The third-order valence-corrected chi connectivity index (χ3v) is 5.48. The van der Waals surface area contributed by atoms with E-state index >= 15 is 0 Å². The lowest BCUT2D eigenvalue weighted by atomic mass is 9.88. The Labute approximate surface area is 169 Å². The molecule has 1 aromatic carbocycles. The van der Waals surface area contributed by atoms with Crippen LogP contribution in [0.3, 0.4) is 0 Å². The monoisotopic (exact) mass is 399 g/mol. The first-order valence-corrected chi connectivity index (χ1v) is 10.2. The summed E-state index contributed by atoms with van der Waals surface area (Å²) in [5.74, 6) is 1.53. The molecule has 1 aliphatic heterocycles. The quantitative estimate of drug-likeness (QED) is 0.542. The summed E-state index contributed by atoms with van der Waals surface area (Å²) in [7, 11) is 1.62. The summed E-state index contributed by atoms with van der Waals surface area (Å²) in [6.07, 6.45) is 2.77. The van der Waals surface area contributed by atoms with E-state index in [2.05, 4.69) is 16.9 Å². The van der Waals surface area contributed by atoms with Gasteiger partial charge >= 0.3 is 0 Å². The van der Waals surface area contributed by atoms with Gasteiger partial charge in [-0.3, -0.25) is 9.79 Å². The number of ether oxygens (including phenoxy) is 2. The molecule has 0 bridgehead atoms. The van der Waals surface area contributed by atoms with E-state index < -0.39 is 0 Å². The molecule has 1 aromatic heterocycles. The Bertz CT molecular complexity index is 854. The molecule has 0 aliphatic carbocycles. The zero-order chi connectivity index (χ0) is 20.0. The van der Waals surface area contributed by atoms with E-state index in [4.69, 9.17) is 15.2 Å². The van der Waals surface area contributed by atoms with Crippen LogP contribution in [0.25, 0.3) is 0 Å². The van der Waals surface area contributed by atoms with Crippen molar-refractivity contribution in [2.24, 2.45) is 10.7 Å². The molecule has 7 heteroatoms. The Hall–Kier alpha value is -2.38. The van der Waals surface area contributed by atoms with Gasteiger partial charge in [0.1, 0.15) is 18.1 Å². The van der Waals surface area contributed by atoms with Gasteiger partial charge in [0.2, 0.25) is 0 Å². The summed E-state index contributed by atoms with van der Waals surface area (Å²) in [5, 5.41) is 0.618. The molecule has 0 spiro atoms. The topological polar surface area (TPSA) is 86.8 Å². The first-order valence-electron chi connectivity index (χ1n) is 9.19. The number of ketones is 1. The number of benzene rings is 1. The molecule has 3 rings (SSSR count). The number of amidine groups is 1. The molecule has 0 fully saturated rings. The average molecular weight is 400 g/mol. The fraction of sp³-hybridized carbons (Fsp3) is 0.381. The van der Waals surface area contributed by atoms with E-state index in [9.17, 15) is 4.79 Å². The second kappa shape index (κ2) is 9.21. The number of carbonyl (C=O) groups excluding carboxylic acids is 1. The molecule has 0 saturated heterocycles. The van der Waals surface area contributed by atoms with Gasteiger partial charge in [0, 0.05) is 19.3 Å². The predicted octanol–water partition coefficient (Wildman–Crippen LogP) is 3.20. The van der Waals surface area contributed by atoms with Crippen LogP contribution in [0.15, 0.2) is 47.6 Å². The predicted molar refractivity (Wildman–Crippen MR) is 112 cm³/mol. The first-order chi connectivity index (χ1) is 13.5. The van der Waals surface area contributed by atoms with Crippen LogP contribution >= 0.6 is 11.8 Å². The number of aromatic nitrogens is 1. The lowest BCUT2D eigenvalue weighted by Gasteiger charge is -2.30. The Balaban J connectivity index is 1.68. The number of nitrogens with two attached hydrogens (primary N) is 1. The van der Waals surface area contributed by atoms with Crippen molar-refractivity contribution in [3.05, 3.63) is 59.4 Å². The summed E-state index contributed by atoms with van der Waals surface area (Å²) >= 11 is 1.58. The Morgan fingerprint density at radius 1 is 1.29 bits per heavy atom. The third kappa shape index (κ3) is 5.11. The molecular weight excluding hydrogens is 374 g/mol. The number of methoxy groups -OCH3 is 1. The number of nitrogens with zero attached hydrogens (tertiary/aromatic N) is 2. The van der Waals surface area contributed by atoms with Crippen molar-refractivity contribution in [3.63, 3.8) is 0 Å². The van der Waals surface area contributed by atoms with Crippen LogP contribution in [0, 0.1) is 0 Å². The molecule has 0 amide bonds. The average Bonchev–Trinajstić information content (AvgIpc) is 2.69. The minimum atomic E-state index is -0.339. The van der Waals surface area contributed by atoms with E-state index in [0.29, 0.717) is 29.8 Å². The first kappa shape index (κ1) is 20.4. The lowest BCUT2D eigenvalue weighted by Crippen LogP contribution is -2.28. The van der Waals surface area contributed by atoms with Crippen LogP contribution < -0.4 is 10.5 Å². The maximum Gasteiger partial charge on any atom is 0.185 e. The van der Waals surface area contributed by atoms with Gasteiger partial charge in [-0.05, 0) is 36.6 Å². The number of thioether (sulfide) groups is 1. The van der Waals surface area contributed by atoms with Crippen molar-refractivity contribution >= 4 is 22.7 Å². The molecule has 6 nitrogen and oxygen atoms in total. The van der Waals surface area contributed by atoms with Crippen molar-refractivity contribution in [3.8, 4) is 5.75 Å².